The zero-order valence-corrected chi connectivity index (χ0v) is 9.93. The van der Waals surface area contributed by atoms with Crippen molar-refractivity contribution < 1.29 is 9.90 Å². The van der Waals surface area contributed by atoms with Crippen LogP contribution in [0.4, 0.5) is 5.69 Å². The molecule has 0 aromatic carbocycles. The summed E-state index contributed by atoms with van der Waals surface area (Å²) in [7, 11) is 0. The van der Waals surface area contributed by atoms with E-state index in [1.54, 1.807) is 6.20 Å². The molecule has 90 valence electrons. The maximum Gasteiger partial charge on any atom is 0.356 e. The summed E-state index contributed by atoms with van der Waals surface area (Å²) in [5.74, 6) is -1.06. The molecule has 0 amide bonds. The lowest BCUT2D eigenvalue weighted by Crippen LogP contribution is -2.16. The molecule has 17 heavy (non-hydrogen) atoms. The second kappa shape index (κ2) is 3.44. The van der Waals surface area contributed by atoms with Crippen LogP contribution in [0.1, 0.15) is 36.8 Å². The molecule has 0 fully saturated rings. The first kappa shape index (κ1) is 11.4. The van der Waals surface area contributed by atoms with Gasteiger partial charge in [0.15, 0.2) is 11.3 Å². The molecule has 0 unspecified atom stereocenters. The molecule has 0 aliphatic carbocycles. The molecule has 0 bridgehead atoms. The average molecular weight is 234 g/mol. The fourth-order valence-electron chi connectivity index (χ4n) is 1.79. The quantitative estimate of drug-likeness (QED) is 0.775. The summed E-state index contributed by atoms with van der Waals surface area (Å²) in [4.78, 5) is 15.4. The number of fused-ring (bicyclic) bond motifs is 1. The van der Waals surface area contributed by atoms with Gasteiger partial charge in [-0.2, -0.15) is 5.10 Å². The molecule has 2 aromatic heterocycles. The van der Waals surface area contributed by atoms with E-state index in [1.807, 2.05) is 20.8 Å². The molecule has 0 atom stereocenters. The summed E-state index contributed by atoms with van der Waals surface area (Å²) in [6.45, 7) is 5.78. The van der Waals surface area contributed by atoms with E-state index in [1.165, 1.54) is 10.7 Å². The van der Waals surface area contributed by atoms with Gasteiger partial charge in [0, 0.05) is 5.56 Å². The molecular formula is C11H14N4O2. The molecule has 0 saturated carbocycles. The highest BCUT2D eigenvalue weighted by molar-refractivity contribution is 5.90. The maximum atomic E-state index is 11.2. The maximum absolute atomic E-state index is 11.2. The molecule has 0 radical (unpaired) electrons. The zero-order valence-electron chi connectivity index (χ0n) is 9.93. The predicted octanol–water partition coefficient (Wildman–Crippen LogP) is 1.31. The van der Waals surface area contributed by atoms with Gasteiger partial charge in [0.05, 0.1) is 18.1 Å². The number of nitrogen functional groups attached to an aromatic ring is 1. The number of hydrogen-bond donors (Lipinski definition) is 2. The normalized spacial score (nSPS) is 11.9. The molecule has 3 N–H and O–H groups in total. The molecule has 0 aliphatic rings. The van der Waals surface area contributed by atoms with Crippen LogP contribution in [-0.4, -0.2) is 25.7 Å². The molecule has 6 nitrogen and oxygen atoms in total. The van der Waals surface area contributed by atoms with Gasteiger partial charge in [-0.3, -0.25) is 0 Å². The Kier molecular flexibility index (Phi) is 2.30. The van der Waals surface area contributed by atoms with Crippen molar-refractivity contribution in [1.82, 2.24) is 14.6 Å². The van der Waals surface area contributed by atoms with Crippen molar-refractivity contribution in [3.05, 3.63) is 23.7 Å². The van der Waals surface area contributed by atoms with Crippen molar-refractivity contribution in [3.63, 3.8) is 0 Å². The monoisotopic (exact) mass is 234 g/mol. The smallest absolute Gasteiger partial charge is 0.356 e. The van der Waals surface area contributed by atoms with E-state index >= 15 is 0 Å². The Bertz CT molecular complexity index is 595. The van der Waals surface area contributed by atoms with E-state index in [4.69, 9.17) is 10.8 Å². The van der Waals surface area contributed by atoms with Gasteiger partial charge in [-0.05, 0) is 5.41 Å². The minimum absolute atomic E-state index is 0.0237. The SMILES string of the molecule is CC(C)(C)c1c(C(=O)O)nn2cc(N)cnc12. The van der Waals surface area contributed by atoms with Crippen LogP contribution in [-0.2, 0) is 5.41 Å². The van der Waals surface area contributed by atoms with Crippen LogP contribution in [0.5, 0.6) is 0 Å². The Labute approximate surface area is 98.1 Å². The lowest BCUT2D eigenvalue weighted by molar-refractivity contribution is 0.0687. The first-order chi connectivity index (χ1) is 7.80. The van der Waals surface area contributed by atoms with E-state index in [0.717, 1.165) is 0 Å². The number of nitrogens with two attached hydrogens (primary N) is 1. The number of carboxylic acids is 1. The Morgan fingerprint density at radius 2 is 2.12 bits per heavy atom. The summed E-state index contributed by atoms with van der Waals surface area (Å²) < 4.78 is 1.42. The van der Waals surface area contributed by atoms with Gasteiger partial charge in [0.2, 0.25) is 0 Å². The predicted molar refractivity (Wildman–Crippen MR) is 63.1 cm³/mol. The first-order valence-electron chi connectivity index (χ1n) is 5.18. The van der Waals surface area contributed by atoms with Crippen LogP contribution in [0.15, 0.2) is 12.4 Å². The van der Waals surface area contributed by atoms with E-state index < -0.39 is 5.97 Å². The lowest BCUT2D eigenvalue weighted by atomic mass is 9.87. The summed E-state index contributed by atoms with van der Waals surface area (Å²) >= 11 is 0. The van der Waals surface area contributed by atoms with Crippen molar-refractivity contribution >= 4 is 17.3 Å². The van der Waals surface area contributed by atoms with Crippen molar-refractivity contribution in [1.29, 1.82) is 0 Å². The highest BCUT2D eigenvalue weighted by Gasteiger charge is 2.28. The summed E-state index contributed by atoms with van der Waals surface area (Å²) in [6.07, 6.45) is 3.06. The van der Waals surface area contributed by atoms with Crippen LogP contribution in [0.3, 0.4) is 0 Å². The largest absolute Gasteiger partial charge is 0.476 e. The Hall–Kier alpha value is -2.11. The molecule has 6 heteroatoms. The summed E-state index contributed by atoms with van der Waals surface area (Å²) in [5, 5.41) is 13.2. The first-order valence-corrected chi connectivity index (χ1v) is 5.18. The molecule has 2 heterocycles. The van der Waals surface area contributed by atoms with Gasteiger partial charge in [0.1, 0.15) is 0 Å². The average Bonchev–Trinajstić information content (AvgIpc) is 2.55. The van der Waals surface area contributed by atoms with Gasteiger partial charge in [-0.15, -0.1) is 0 Å². The number of rotatable bonds is 1. The van der Waals surface area contributed by atoms with E-state index in [0.29, 0.717) is 16.9 Å². The second-order valence-electron chi connectivity index (χ2n) is 4.93. The molecular weight excluding hydrogens is 220 g/mol. The number of carboxylic acid groups (broad SMARTS) is 1. The fourth-order valence-corrected chi connectivity index (χ4v) is 1.79. The highest BCUT2D eigenvalue weighted by atomic mass is 16.4. The third kappa shape index (κ3) is 1.82. The Balaban J connectivity index is 2.86. The van der Waals surface area contributed by atoms with E-state index in [-0.39, 0.29) is 11.1 Å². The highest BCUT2D eigenvalue weighted by Crippen LogP contribution is 2.29. The fraction of sp³-hybridized carbons (Fsp3) is 0.364. The third-order valence-electron chi connectivity index (χ3n) is 2.44. The molecule has 2 aromatic rings. The third-order valence-corrected chi connectivity index (χ3v) is 2.44. The number of aromatic carboxylic acids is 1. The minimum atomic E-state index is -1.06. The summed E-state index contributed by atoms with van der Waals surface area (Å²) in [6, 6.07) is 0. The molecule has 0 spiro atoms. The standard InChI is InChI=1S/C11H14N4O2/c1-11(2,3)7-8(10(16)17)14-15-5-6(12)4-13-9(7)15/h4-5H,12H2,1-3H3,(H,16,17). The van der Waals surface area contributed by atoms with Gasteiger partial charge in [-0.1, -0.05) is 20.8 Å². The van der Waals surface area contributed by atoms with Gasteiger partial charge < -0.3 is 10.8 Å². The zero-order chi connectivity index (χ0) is 12.8. The Morgan fingerprint density at radius 3 is 2.65 bits per heavy atom. The number of anilines is 1. The number of hydrogen-bond acceptors (Lipinski definition) is 4. The Morgan fingerprint density at radius 1 is 1.47 bits per heavy atom. The van der Waals surface area contributed by atoms with Crippen molar-refractivity contribution in [2.45, 2.75) is 26.2 Å². The van der Waals surface area contributed by atoms with Crippen LogP contribution in [0, 0.1) is 0 Å². The summed E-state index contributed by atoms with van der Waals surface area (Å²) in [5.41, 5.74) is 6.86. The molecule has 0 saturated heterocycles. The lowest BCUT2D eigenvalue weighted by Gasteiger charge is -2.17. The van der Waals surface area contributed by atoms with Gasteiger partial charge in [0.25, 0.3) is 0 Å². The van der Waals surface area contributed by atoms with E-state index in [2.05, 4.69) is 10.1 Å². The van der Waals surface area contributed by atoms with Crippen LogP contribution in [0.2, 0.25) is 0 Å². The van der Waals surface area contributed by atoms with Gasteiger partial charge >= 0.3 is 5.97 Å². The minimum Gasteiger partial charge on any atom is -0.476 e. The van der Waals surface area contributed by atoms with Crippen molar-refractivity contribution in [2.75, 3.05) is 5.73 Å². The van der Waals surface area contributed by atoms with Gasteiger partial charge in [-0.25, -0.2) is 14.3 Å². The number of nitrogens with zero attached hydrogens (tertiary/aromatic N) is 3. The topological polar surface area (TPSA) is 93.5 Å². The van der Waals surface area contributed by atoms with Crippen molar-refractivity contribution in [2.24, 2.45) is 0 Å². The van der Waals surface area contributed by atoms with E-state index in [9.17, 15) is 4.79 Å². The molecule has 2 rings (SSSR count). The molecule has 0 aliphatic heterocycles. The van der Waals surface area contributed by atoms with Crippen LogP contribution in [0.25, 0.3) is 5.65 Å². The number of carbonyl (C=O) groups is 1. The second-order valence-corrected chi connectivity index (χ2v) is 4.93. The van der Waals surface area contributed by atoms with Crippen molar-refractivity contribution in [3.8, 4) is 0 Å². The van der Waals surface area contributed by atoms with Crippen LogP contribution < -0.4 is 5.73 Å². The number of aromatic nitrogens is 3. The van der Waals surface area contributed by atoms with Crippen LogP contribution >= 0.6 is 0 Å².